The van der Waals surface area contributed by atoms with Gasteiger partial charge in [0.15, 0.2) is 0 Å². The predicted molar refractivity (Wildman–Crippen MR) is 152 cm³/mol. The average Bonchev–Trinajstić information content (AvgIpc) is 3.79. The number of carbonyl (C=O) groups is 3. The molecule has 2 aromatic carbocycles. The van der Waals surface area contributed by atoms with Crippen molar-refractivity contribution in [3.63, 3.8) is 0 Å². The molecule has 3 atom stereocenters. The molecule has 4 rings (SSSR count). The number of nitrogens with zero attached hydrogens (tertiary/aromatic N) is 1. The Balaban J connectivity index is 1.58. The lowest BCUT2D eigenvalue weighted by atomic mass is 10.0. The van der Waals surface area contributed by atoms with Crippen LogP contribution in [0.1, 0.15) is 36.5 Å². The van der Waals surface area contributed by atoms with Gasteiger partial charge in [-0.05, 0) is 43.4 Å². The second-order valence-corrected chi connectivity index (χ2v) is 10.1. The minimum atomic E-state index is -0.907. The van der Waals surface area contributed by atoms with Gasteiger partial charge >= 0.3 is 0 Å². The summed E-state index contributed by atoms with van der Waals surface area (Å²) in [5.74, 6) is 5.79. The van der Waals surface area contributed by atoms with Crippen molar-refractivity contribution in [1.29, 1.82) is 5.41 Å². The van der Waals surface area contributed by atoms with Gasteiger partial charge in [0.1, 0.15) is 30.3 Å². The maximum Gasteiger partial charge on any atom is 0.243 e. The van der Waals surface area contributed by atoms with Crippen molar-refractivity contribution in [2.75, 3.05) is 26.7 Å². The van der Waals surface area contributed by atoms with Crippen molar-refractivity contribution >= 4 is 23.6 Å². The van der Waals surface area contributed by atoms with E-state index in [1.165, 1.54) is 4.90 Å². The maximum absolute atomic E-state index is 13.4. The van der Waals surface area contributed by atoms with Crippen LogP contribution in [0.4, 0.5) is 0 Å². The zero-order chi connectivity index (χ0) is 28.6. The third kappa shape index (κ3) is 7.39. The van der Waals surface area contributed by atoms with Crippen LogP contribution in [-0.4, -0.2) is 73.3 Å². The number of hydrogen-bond acceptors (Lipinski definition) is 6. The molecule has 0 radical (unpaired) electrons. The largest absolute Gasteiger partial charge is 0.491 e. The van der Waals surface area contributed by atoms with Crippen molar-refractivity contribution in [2.45, 2.75) is 44.3 Å². The van der Waals surface area contributed by atoms with Gasteiger partial charge in [0.25, 0.3) is 0 Å². The Morgan fingerprint density at radius 1 is 1.10 bits per heavy atom. The van der Waals surface area contributed by atoms with Gasteiger partial charge in [0, 0.05) is 25.6 Å². The van der Waals surface area contributed by atoms with Crippen LogP contribution in [0.5, 0.6) is 5.75 Å². The summed E-state index contributed by atoms with van der Waals surface area (Å²) in [4.78, 5) is 41.4. The topological polar surface area (TPSA) is 150 Å². The highest BCUT2D eigenvalue weighted by molar-refractivity contribution is 5.95. The standard InChI is InChI=1S/C30H36N6O4/c1-19-28(37)35-24(18-20-9-11-23(12-10-20)27(31)32)29(38)34-15-5-7-21-6-3-4-8-25(21)40-17-16-33-26(22-13-14-22)30(39)36(19)2/h3-4,6,8-12,19,22,24,26,33H,13-18H2,1-2H3,(H3,31,32)(H,34,38)(H,35,37)/t19-,24-,26+/m1/s1. The van der Waals surface area contributed by atoms with E-state index in [1.54, 1.807) is 38.2 Å². The van der Waals surface area contributed by atoms with Gasteiger partial charge in [-0.2, -0.15) is 0 Å². The van der Waals surface area contributed by atoms with E-state index in [2.05, 4.69) is 27.8 Å². The number of para-hydroxylation sites is 1. The second-order valence-electron chi connectivity index (χ2n) is 10.1. The van der Waals surface area contributed by atoms with Crippen molar-refractivity contribution in [3.8, 4) is 17.6 Å². The summed E-state index contributed by atoms with van der Waals surface area (Å²) in [7, 11) is 1.61. The third-order valence-electron chi connectivity index (χ3n) is 7.19. The van der Waals surface area contributed by atoms with Crippen LogP contribution in [0.25, 0.3) is 0 Å². The van der Waals surface area contributed by atoms with Crippen LogP contribution >= 0.6 is 0 Å². The van der Waals surface area contributed by atoms with E-state index < -0.39 is 29.9 Å². The van der Waals surface area contributed by atoms with E-state index in [9.17, 15) is 14.4 Å². The van der Waals surface area contributed by atoms with Crippen molar-refractivity contribution in [1.82, 2.24) is 20.9 Å². The minimum absolute atomic E-state index is 0.0557. The van der Waals surface area contributed by atoms with E-state index >= 15 is 0 Å². The molecule has 0 unspecified atom stereocenters. The first kappa shape index (κ1) is 28.6. The van der Waals surface area contributed by atoms with E-state index in [0.717, 1.165) is 18.4 Å². The van der Waals surface area contributed by atoms with Crippen LogP contribution in [0.3, 0.4) is 0 Å². The molecule has 0 saturated heterocycles. The highest BCUT2D eigenvalue weighted by atomic mass is 16.5. The molecule has 6 N–H and O–H groups in total. The zero-order valence-corrected chi connectivity index (χ0v) is 22.8. The number of amidine groups is 1. The van der Waals surface area contributed by atoms with Crippen molar-refractivity contribution in [2.24, 2.45) is 11.7 Å². The molecule has 1 aliphatic carbocycles. The molecule has 1 fully saturated rings. The first-order valence-corrected chi connectivity index (χ1v) is 13.5. The molecule has 10 heteroatoms. The Kier molecular flexibility index (Phi) is 9.40. The summed E-state index contributed by atoms with van der Waals surface area (Å²) in [5.41, 5.74) is 7.59. The Morgan fingerprint density at radius 3 is 2.52 bits per heavy atom. The number of fused-ring (bicyclic) bond motifs is 1. The summed E-state index contributed by atoms with van der Waals surface area (Å²) in [6.45, 7) is 2.53. The summed E-state index contributed by atoms with van der Waals surface area (Å²) >= 11 is 0. The molecular weight excluding hydrogens is 508 g/mol. The lowest BCUT2D eigenvalue weighted by Gasteiger charge is -2.30. The van der Waals surface area contributed by atoms with E-state index in [-0.39, 0.29) is 30.6 Å². The van der Waals surface area contributed by atoms with Crippen LogP contribution in [0.15, 0.2) is 48.5 Å². The lowest BCUT2D eigenvalue weighted by Crippen LogP contribution is -2.56. The van der Waals surface area contributed by atoms with E-state index in [1.807, 2.05) is 24.3 Å². The van der Waals surface area contributed by atoms with Crippen LogP contribution in [0.2, 0.25) is 0 Å². The van der Waals surface area contributed by atoms with Crippen LogP contribution in [-0.2, 0) is 20.8 Å². The quantitative estimate of drug-likeness (QED) is 0.218. The van der Waals surface area contributed by atoms with Gasteiger partial charge in [-0.3, -0.25) is 19.8 Å². The second kappa shape index (κ2) is 13.1. The molecular formula is C30H36N6O4. The molecule has 3 amide bonds. The fourth-order valence-electron chi connectivity index (χ4n) is 4.49. The Morgan fingerprint density at radius 2 is 1.82 bits per heavy atom. The Hall–Kier alpha value is -4.36. The van der Waals surface area contributed by atoms with Crippen molar-refractivity contribution < 1.29 is 19.1 Å². The van der Waals surface area contributed by atoms with Crippen LogP contribution < -0.4 is 26.4 Å². The predicted octanol–water partition coefficient (Wildman–Crippen LogP) is 0.773. The molecule has 1 aliphatic heterocycles. The lowest BCUT2D eigenvalue weighted by molar-refractivity contribution is -0.141. The van der Waals surface area contributed by atoms with E-state index in [4.69, 9.17) is 15.9 Å². The summed E-state index contributed by atoms with van der Waals surface area (Å²) < 4.78 is 5.95. The molecule has 1 heterocycles. The van der Waals surface area contributed by atoms with Gasteiger partial charge in [-0.25, -0.2) is 0 Å². The smallest absolute Gasteiger partial charge is 0.243 e. The minimum Gasteiger partial charge on any atom is -0.491 e. The summed E-state index contributed by atoms with van der Waals surface area (Å²) in [6, 6.07) is 12.2. The van der Waals surface area contributed by atoms with Crippen molar-refractivity contribution in [3.05, 3.63) is 65.2 Å². The SMILES string of the molecule is C[C@@H]1C(=O)N[C@H](Cc2ccc(C(=N)N)cc2)C(=O)NCC#Cc2ccccc2OCCN[C@@H](C2CC2)C(=O)N1C. The molecule has 40 heavy (non-hydrogen) atoms. The van der Waals surface area contributed by atoms with Gasteiger partial charge in [0.05, 0.1) is 18.2 Å². The molecule has 1 saturated carbocycles. The zero-order valence-electron chi connectivity index (χ0n) is 22.8. The number of ether oxygens (including phenoxy) is 1. The number of benzene rings is 2. The number of carbonyl (C=O) groups excluding carboxylic acids is 3. The molecule has 0 bridgehead atoms. The fraction of sp³-hybridized carbons (Fsp3) is 0.400. The van der Waals surface area contributed by atoms with Gasteiger partial charge in [-0.15, -0.1) is 0 Å². The maximum atomic E-state index is 13.4. The Labute approximate surface area is 234 Å². The molecule has 0 aromatic heterocycles. The molecule has 210 valence electrons. The molecule has 10 nitrogen and oxygen atoms in total. The first-order valence-electron chi connectivity index (χ1n) is 13.5. The number of rotatable bonds is 4. The van der Waals surface area contributed by atoms with Crippen LogP contribution in [0, 0.1) is 23.2 Å². The number of likely N-dealkylation sites (N-methyl/N-ethyl adjacent to an activating group) is 1. The highest BCUT2D eigenvalue weighted by Crippen LogP contribution is 2.33. The normalized spacial score (nSPS) is 22.8. The summed E-state index contributed by atoms with van der Waals surface area (Å²) in [6.07, 6.45) is 2.10. The van der Waals surface area contributed by atoms with E-state index in [0.29, 0.717) is 30.0 Å². The fourth-order valence-corrected chi connectivity index (χ4v) is 4.49. The highest BCUT2D eigenvalue weighted by Gasteiger charge is 2.39. The monoisotopic (exact) mass is 544 g/mol. The average molecular weight is 545 g/mol. The number of nitrogens with one attached hydrogen (secondary N) is 4. The van der Waals surface area contributed by atoms with Gasteiger partial charge < -0.3 is 31.3 Å². The third-order valence-corrected chi connectivity index (χ3v) is 7.19. The number of nitrogen functional groups attached to an aromatic ring is 1. The number of hydrogen-bond donors (Lipinski definition) is 5. The van der Waals surface area contributed by atoms with Gasteiger partial charge in [0.2, 0.25) is 17.7 Å². The first-order chi connectivity index (χ1) is 19.2. The molecule has 2 aliphatic rings. The number of nitrogens with two attached hydrogens (primary N) is 1. The number of amides is 3. The Bertz CT molecular complexity index is 1310. The molecule has 2 aromatic rings. The van der Waals surface area contributed by atoms with Gasteiger partial charge in [-0.1, -0.05) is 48.2 Å². The summed E-state index contributed by atoms with van der Waals surface area (Å²) in [5, 5.41) is 16.5. The molecule has 0 spiro atoms.